The highest BCUT2D eigenvalue weighted by Gasteiger charge is 2.21. The first-order valence-electron chi connectivity index (χ1n) is 5.32. The summed E-state index contributed by atoms with van der Waals surface area (Å²) in [6.45, 7) is -0.360. The van der Waals surface area contributed by atoms with Crippen LogP contribution in [0.4, 0.5) is 0 Å². The first-order chi connectivity index (χ1) is 8.56. The first kappa shape index (κ1) is 14.1. The number of carboxylic acid groups (broad SMARTS) is 1. The van der Waals surface area contributed by atoms with Crippen molar-refractivity contribution in [2.75, 3.05) is 13.7 Å². The topological polar surface area (TPSA) is 95.9 Å². The summed E-state index contributed by atoms with van der Waals surface area (Å²) in [5.74, 6) is -1.88. The fourth-order valence-corrected chi connectivity index (χ4v) is 1.40. The summed E-state index contributed by atoms with van der Waals surface area (Å²) >= 11 is 0. The van der Waals surface area contributed by atoms with Gasteiger partial charge in [0.1, 0.15) is 0 Å². The van der Waals surface area contributed by atoms with Gasteiger partial charge in [-0.3, -0.25) is 4.79 Å². The molecule has 0 heterocycles. The van der Waals surface area contributed by atoms with Crippen LogP contribution in [0, 0.1) is 0 Å². The third kappa shape index (κ3) is 3.83. The number of hydrogen-bond donors (Lipinski definition) is 3. The van der Waals surface area contributed by atoms with Gasteiger partial charge in [0.15, 0.2) is 12.2 Å². The van der Waals surface area contributed by atoms with Crippen molar-refractivity contribution in [1.82, 2.24) is 5.32 Å². The summed E-state index contributed by atoms with van der Waals surface area (Å²) in [7, 11) is 1.38. The second kappa shape index (κ2) is 6.73. The Morgan fingerprint density at radius 2 is 1.94 bits per heavy atom. The molecule has 6 nitrogen and oxygen atoms in total. The number of rotatable bonds is 6. The van der Waals surface area contributed by atoms with Crippen LogP contribution in [0.3, 0.4) is 0 Å². The highest BCUT2D eigenvalue weighted by atomic mass is 16.5. The van der Waals surface area contributed by atoms with Gasteiger partial charge in [0.05, 0.1) is 6.54 Å². The van der Waals surface area contributed by atoms with Gasteiger partial charge >= 0.3 is 5.97 Å². The first-order valence-corrected chi connectivity index (χ1v) is 5.32. The maximum Gasteiger partial charge on any atom is 0.334 e. The summed E-state index contributed by atoms with van der Waals surface area (Å²) in [6, 6.07) is 8.78. The number of nitrogens with one attached hydrogen (secondary N) is 1. The SMILES string of the molecule is COC(C(=O)NCC(O)C(=O)O)c1ccccc1. The molecule has 0 aliphatic heterocycles. The van der Waals surface area contributed by atoms with E-state index in [1.54, 1.807) is 24.3 Å². The van der Waals surface area contributed by atoms with Crippen LogP contribution >= 0.6 is 0 Å². The second-order valence-electron chi connectivity index (χ2n) is 3.63. The molecule has 0 saturated carbocycles. The maximum absolute atomic E-state index is 11.8. The lowest BCUT2D eigenvalue weighted by molar-refractivity contribution is -0.146. The number of aliphatic hydroxyl groups is 1. The summed E-state index contributed by atoms with van der Waals surface area (Å²) in [6.07, 6.45) is -2.45. The highest BCUT2D eigenvalue weighted by Crippen LogP contribution is 2.15. The number of carbonyl (C=O) groups is 2. The fourth-order valence-electron chi connectivity index (χ4n) is 1.40. The van der Waals surface area contributed by atoms with Crippen molar-refractivity contribution >= 4 is 11.9 Å². The Labute approximate surface area is 104 Å². The molecular weight excluding hydrogens is 238 g/mol. The lowest BCUT2D eigenvalue weighted by Gasteiger charge is -2.16. The third-order valence-corrected chi connectivity index (χ3v) is 2.33. The van der Waals surface area contributed by atoms with Crippen molar-refractivity contribution < 1.29 is 24.5 Å². The van der Waals surface area contributed by atoms with Gasteiger partial charge in [0.25, 0.3) is 5.91 Å². The van der Waals surface area contributed by atoms with Crippen LogP contribution in [0.1, 0.15) is 11.7 Å². The van der Waals surface area contributed by atoms with E-state index in [0.29, 0.717) is 5.56 Å². The molecular formula is C12H15NO5. The molecule has 0 aliphatic carbocycles. The molecule has 1 aromatic carbocycles. The van der Waals surface area contributed by atoms with Gasteiger partial charge in [-0.05, 0) is 5.56 Å². The molecule has 2 atom stereocenters. The van der Waals surface area contributed by atoms with Crippen LogP contribution in [-0.2, 0) is 14.3 Å². The molecule has 18 heavy (non-hydrogen) atoms. The van der Waals surface area contributed by atoms with Gasteiger partial charge in [-0.2, -0.15) is 0 Å². The summed E-state index contributed by atoms with van der Waals surface area (Å²) in [4.78, 5) is 22.2. The molecule has 98 valence electrons. The Morgan fingerprint density at radius 3 is 2.44 bits per heavy atom. The van der Waals surface area contributed by atoms with Crippen molar-refractivity contribution in [3.63, 3.8) is 0 Å². The average molecular weight is 253 g/mol. The molecule has 3 N–H and O–H groups in total. The van der Waals surface area contributed by atoms with Crippen molar-refractivity contribution in [2.24, 2.45) is 0 Å². The van der Waals surface area contributed by atoms with Gasteiger partial charge in [0, 0.05) is 7.11 Å². The molecule has 1 rings (SSSR count). The average Bonchev–Trinajstić information content (AvgIpc) is 2.38. The van der Waals surface area contributed by atoms with E-state index in [-0.39, 0.29) is 6.54 Å². The van der Waals surface area contributed by atoms with E-state index in [4.69, 9.17) is 14.9 Å². The van der Waals surface area contributed by atoms with Crippen molar-refractivity contribution in [2.45, 2.75) is 12.2 Å². The number of aliphatic carboxylic acids is 1. The molecule has 0 aliphatic rings. The molecule has 0 aromatic heterocycles. The number of amides is 1. The van der Waals surface area contributed by atoms with E-state index in [9.17, 15) is 9.59 Å². The number of ether oxygens (including phenoxy) is 1. The monoisotopic (exact) mass is 253 g/mol. The third-order valence-electron chi connectivity index (χ3n) is 2.33. The largest absolute Gasteiger partial charge is 0.479 e. The summed E-state index contributed by atoms with van der Waals surface area (Å²) < 4.78 is 5.05. The quantitative estimate of drug-likeness (QED) is 0.660. The van der Waals surface area contributed by atoms with Crippen LogP contribution in [0.5, 0.6) is 0 Å². The number of hydrogen-bond acceptors (Lipinski definition) is 4. The Morgan fingerprint density at radius 1 is 1.33 bits per heavy atom. The molecule has 0 saturated heterocycles. The zero-order chi connectivity index (χ0) is 13.5. The van der Waals surface area contributed by atoms with Crippen LogP contribution in [0.25, 0.3) is 0 Å². The Hall–Kier alpha value is -1.92. The second-order valence-corrected chi connectivity index (χ2v) is 3.63. The predicted octanol–water partition coefficient (Wildman–Crippen LogP) is -0.0642. The van der Waals surface area contributed by atoms with Gasteiger partial charge in [0.2, 0.25) is 0 Å². The maximum atomic E-state index is 11.8. The van der Waals surface area contributed by atoms with Crippen LogP contribution < -0.4 is 5.32 Å². The van der Waals surface area contributed by atoms with E-state index in [1.165, 1.54) is 7.11 Å². The van der Waals surface area contributed by atoms with E-state index in [1.807, 2.05) is 6.07 Å². The minimum Gasteiger partial charge on any atom is -0.479 e. The van der Waals surface area contributed by atoms with Gasteiger partial charge < -0.3 is 20.3 Å². The zero-order valence-electron chi connectivity index (χ0n) is 9.87. The van der Waals surface area contributed by atoms with Crippen molar-refractivity contribution in [3.8, 4) is 0 Å². The summed E-state index contributed by atoms with van der Waals surface area (Å²) in [5.41, 5.74) is 0.655. The summed E-state index contributed by atoms with van der Waals surface area (Å²) in [5, 5.41) is 19.8. The normalized spacial score (nSPS) is 13.7. The van der Waals surface area contributed by atoms with Crippen LogP contribution in [-0.4, -0.2) is 41.8 Å². The van der Waals surface area contributed by atoms with Gasteiger partial charge in [-0.1, -0.05) is 30.3 Å². The molecule has 0 radical (unpaired) electrons. The Balaban J connectivity index is 2.61. The number of carbonyl (C=O) groups excluding carboxylic acids is 1. The lowest BCUT2D eigenvalue weighted by Crippen LogP contribution is -2.39. The van der Waals surface area contributed by atoms with Crippen LogP contribution in [0.2, 0.25) is 0 Å². The smallest absolute Gasteiger partial charge is 0.334 e. The minimum absolute atomic E-state index is 0.360. The minimum atomic E-state index is -1.62. The van der Waals surface area contributed by atoms with Crippen LogP contribution in [0.15, 0.2) is 30.3 Å². The fraction of sp³-hybridized carbons (Fsp3) is 0.333. The molecule has 0 spiro atoms. The molecule has 1 amide bonds. The highest BCUT2D eigenvalue weighted by molar-refractivity contribution is 5.83. The van der Waals surface area contributed by atoms with E-state index in [0.717, 1.165) is 0 Å². The molecule has 2 unspecified atom stereocenters. The molecule has 0 bridgehead atoms. The Kier molecular flexibility index (Phi) is 5.29. The molecule has 1 aromatic rings. The number of aliphatic hydroxyl groups excluding tert-OH is 1. The Bertz CT molecular complexity index is 406. The zero-order valence-corrected chi connectivity index (χ0v) is 9.87. The van der Waals surface area contributed by atoms with Crippen molar-refractivity contribution in [3.05, 3.63) is 35.9 Å². The number of methoxy groups -OCH3 is 1. The molecule has 6 heteroatoms. The lowest BCUT2D eigenvalue weighted by atomic mass is 10.1. The predicted molar refractivity (Wildman–Crippen MR) is 62.8 cm³/mol. The van der Waals surface area contributed by atoms with Gasteiger partial charge in [-0.15, -0.1) is 0 Å². The number of carboxylic acids is 1. The van der Waals surface area contributed by atoms with Crippen molar-refractivity contribution in [1.29, 1.82) is 0 Å². The van der Waals surface area contributed by atoms with E-state index in [2.05, 4.69) is 5.32 Å². The molecule has 0 fully saturated rings. The van der Waals surface area contributed by atoms with E-state index >= 15 is 0 Å². The van der Waals surface area contributed by atoms with E-state index < -0.39 is 24.1 Å². The standard InChI is InChI=1S/C12H15NO5/c1-18-10(8-5-3-2-4-6-8)11(15)13-7-9(14)12(16)17/h2-6,9-10,14H,7H2,1H3,(H,13,15)(H,16,17). The number of benzene rings is 1. The van der Waals surface area contributed by atoms with Gasteiger partial charge in [-0.25, -0.2) is 4.79 Å².